The van der Waals surface area contributed by atoms with Crippen molar-refractivity contribution in [3.05, 3.63) is 18.7 Å². The maximum atomic E-state index is 9.72. The molecule has 1 aromatic rings. The minimum absolute atomic E-state index is 0.755. The van der Waals surface area contributed by atoms with Crippen LogP contribution in [0.2, 0.25) is 0 Å². The average Bonchev–Trinajstić information content (AvgIpc) is 2.59. The molecule has 7 heteroatoms. The predicted molar refractivity (Wildman–Crippen MR) is 44.5 cm³/mol. The van der Waals surface area contributed by atoms with Crippen LogP contribution in [0.5, 0.6) is 0 Å². The molecule has 4 N–H and O–H groups in total. The summed E-state index contributed by atoms with van der Waals surface area (Å²) < 4.78 is 0. The first-order chi connectivity index (χ1) is 6.54. The number of carbonyl (C=O) groups is 2. The van der Waals surface area contributed by atoms with Gasteiger partial charge in [0.2, 0.25) is 0 Å². The molecule has 0 radical (unpaired) electrons. The number of aliphatic hydroxyl groups excluding tert-OH is 1. The molecule has 0 saturated carbocycles. The normalized spacial score (nSPS) is 10.9. The fraction of sp³-hybridized carbons (Fsp3) is 0.286. The second-order valence-corrected chi connectivity index (χ2v) is 2.21. The number of aromatic amines is 1. The van der Waals surface area contributed by atoms with Gasteiger partial charge in [-0.25, -0.2) is 9.78 Å². The fourth-order valence-electron chi connectivity index (χ4n) is 0.468. The molecule has 0 spiro atoms. The number of aliphatic carboxylic acids is 2. The molecule has 0 bridgehead atoms. The van der Waals surface area contributed by atoms with Gasteiger partial charge < -0.3 is 20.3 Å². The third kappa shape index (κ3) is 6.80. The van der Waals surface area contributed by atoms with Crippen molar-refractivity contribution in [2.24, 2.45) is 0 Å². The van der Waals surface area contributed by atoms with Crippen LogP contribution in [0.3, 0.4) is 0 Å². The van der Waals surface area contributed by atoms with Gasteiger partial charge in [0.1, 0.15) is 0 Å². The third-order valence-corrected chi connectivity index (χ3v) is 1.06. The smallest absolute Gasteiger partial charge is 0.333 e. The largest absolute Gasteiger partial charge is 0.481 e. The second kappa shape index (κ2) is 6.61. The van der Waals surface area contributed by atoms with Crippen molar-refractivity contribution in [1.82, 2.24) is 9.97 Å². The molecular formula is C7H10N2O5. The Kier molecular flexibility index (Phi) is 5.72. The number of hydrogen-bond donors (Lipinski definition) is 4. The van der Waals surface area contributed by atoms with Crippen LogP contribution in [-0.4, -0.2) is 43.3 Å². The van der Waals surface area contributed by atoms with Crippen LogP contribution in [0.1, 0.15) is 6.42 Å². The first kappa shape index (κ1) is 12.1. The maximum absolute atomic E-state index is 9.72. The molecule has 1 atom stereocenters. The van der Waals surface area contributed by atoms with Gasteiger partial charge in [-0.1, -0.05) is 0 Å². The van der Waals surface area contributed by atoms with Crippen molar-refractivity contribution < 1.29 is 24.9 Å². The number of aromatic nitrogens is 2. The van der Waals surface area contributed by atoms with Crippen molar-refractivity contribution in [3.8, 4) is 0 Å². The monoisotopic (exact) mass is 202 g/mol. The Morgan fingerprint density at radius 1 is 1.43 bits per heavy atom. The van der Waals surface area contributed by atoms with Crippen molar-refractivity contribution in [1.29, 1.82) is 0 Å². The standard InChI is InChI=1S/C4H6O5.C3H4N2/c5-2(4(8)9)1-3(6)7;1-2-5-3-4-1/h2,5H,1H2,(H,6,7)(H,8,9);1-3H,(H,4,5). The van der Waals surface area contributed by atoms with Crippen LogP contribution >= 0.6 is 0 Å². The highest BCUT2D eigenvalue weighted by molar-refractivity contribution is 5.79. The van der Waals surface area contributed by atoms with E-state index in [0.717, 1.165) is 0 Å². The van der Waals surface area contributed by atoms with Gasteiger partial charge in [0, 0.05) is 12.4 Å². The summed E-state index contributed by atoms with van der Waals surface area (Å²) >= 11 is 0. The SMILES string of the molecule is O=C(O)CC(O)C(=O)O.c1c[nH]cn1. The van der Waals surface area contributed by atoms with Gasteiger partial charge in [0.15, 0.2) is 6.10 Å². The van der Waals surface area contributed by atoms with Gasteiger partial charge >= 0.3 is 11.9 Å². The number of nitrogens with one attached hydrogen (secondary N) is 1. The molecule has 0 amide bonds. The first-order valence-corrected chi connectivity index (χ1v) is 3.59. The number of imidazole rings is 1. The van der Waals surface area contributed by atoms with Gasteiger partial charge in [-0.3, -0.25) is 4.79 Å². The van der Waals surface area contributed by atoms with Gasteiger partial charge in [-0.2, -0.15) is 0 Å². The van der Waals surface area contributed by atoms with E-state index in [1.54, 1.807) is 18.7 Å². The lowest BCUT2D eigenvalue weighted by atomic mass is 10.3. The fourth-order valence-corrected chi connectivity index (χ4v) is 0.468. The lowest BCUT2D eigenvalue weighted by molar-refractivity contribution is -0.152. The highest BCUT2D eigenvalue weighted by atomic mass is 16.4. The highest BCUT2D eigenvalue weighted by Crippen LogP contribution is 1.89. The van der Waals surface area contributed by atoms with Crippen LogP contribution in [0, 0.1) is 0 Å². The third-order valence-electron chi connectivity index (χ3n) is 1.06. The van der Waals surface area contributed by atoms with E-state index in [4.69, 9.17) is 15.3 Å². The molecule has 1 heterocycles. The number of nitrogens with zero attached hydrogens (tertiary/aromatic N) is 1. The molecular weight excluding hydrogens is 192 g/mol. The first-order valence-electron chi connectivity index (χ1n) is 3.59. The summed E-state index contributed by atoms with van der Waals surface area (Å²) in [6, 6.07) is 0. The van der Waals surface area contributed by atoms with E-state index in [1.165, 1.54) is 0 Å². The van der Waals surface area contributed by atoms with E-state index in [-0.39, 0.29) is 0 Å². The predicted octanol–water partition coefficient (Wildman–Crippen LogP) is -0.684. The molecule has 14 heavy (non-hydrogen) atoms. The van der Waals surface area contributed by atoms with Gasteiger partial charge in [-0.15, -0.1) is 0 Å². The van der Waals surface area contributed by atoms with E-state index in [9.17, 15) is 9.59 Å². The Hall–Kier alpha value is -1.89. The molecule has 78 valence electrons. The lowest BCUT2D eigenvalue weighted by Gasteiger charge is -1.97. The minimum atomic E-state index is -1.79. The summed E-state index contributed by atoms with van der Waals surface area (Å²) in [5.41, 5.74) is 0. The Morgan fingerprint density at radius 3 is 2.21 bits per heavy atom. The van der Waals surface area contributed by atoms with Crippen LogP contribution in [0.25, 0.3) is 0 Å². The Morgan fingerprint density at radius 2 is 2.07 bits per heavy atom. The van der Waals surface area contributed by atoms with E-state index in [0.29, 0.717) is 0 Å². The summed E-state index contributed by atoms with van der Waals surface area (Å²) in [7, 11) is 0. The lowest BCUT2D eigenvalue weighted by Crippen LogP contribution is -2.22. The summed E-state index contributed by atoms with van der Waals surface area (Å²) in [6.45, 7) is 0. The van der Waals surface area contributed by atoms with Crippen molar-refractivity contribution in [2.75, 3.05) is 0 Å². The van der Waals surface area contributed by atoms with Crippen LogP contribution in [-0.2, 0) is 9.59 Å². The second-order valence-electron chi connectivity index (χ2n) is 2.21. The molecule has 0 aliphatic heterocycles. The molecule has 0 aliphatic rings. The van der Waals surface area contributed by atoms with Crippen LogP contribution < -0.4 is 0 Å². The Labute approximate surface area is 79.0 Å². The summed E-state index contributed by atoms with van der Waals surface area (Å²) in [6.07, 6.45) is 2.54. The quantitative estimate of drug-likeness (QED) is 0.514. The molecule has 0 fully saturated rings. The van der Waals surface area contributed by atoms with E-state index in [2.05, 4.69) is 9.97 Å². The van der Waals surface area contributed by atoms with Crippen molar-refractivity contribution in [3.63, 3.8) is 0 Å². The molecule has 7 nitrogen and oxygen atoms in total. The molecule has 0 aliphatic carbocycles. The van der Waals surface area contributed by atoms with Gasteiger partial charge in [0.05, 0.1) is 12.7 Å². The molecule has 0 aromatic carbocycles. The maximum Gasteiger partial charge on any atom is 0.333 e. The number of hydrogen-bond acceptors (Lipinski definition) is 4. The number of H-pyrrole nitrogens is 1. The zero-order valence-corrected chi connectivity index (χ0v) is 7.12. The minimum Gasteiger partial charge on any atom is -0.481 e. The zero-order valence-electron chi connectivity index (χ0n) is 7.12. The molecule has 1 aromatic heterocycles. The summed E-state index contributed by atoms with van der Waals surface area (Å²) in [4.78, 5) is 25.8. The zero-order chi connectivity index (χ0) is 11.0. The number of carboxylic acid groups (broad SMARTS) is 2. The number of carboxylic acids is 2. The number of aliphatic hydroxyl groups is 1. The topological polar surface area (TPSA) is 124 Å². The Balaban J connectivity index is 0.000000280. The van der Waals surface area contributed by atoms with Crippen LogP contribution in [0.4, 0.5) is 0 Å². The van der Waals surface area contributed by atoms with Crippen molar-refractivity contribution in [2.45, 2.75) is 12.5 Å². The average molecular weight is 202 g/mol. The van der Waals surface area contributed by atoms with E-state index in [1.807, 2.05) is 0 Å². The Bertz CT molecular complexity index is 254. The molecule has 1 unspecified atom stereocenters. The highest BCUT2D eigenvalue weighted by Gasteiger charge is 2.16. The van der Waals surface area contributed by atoms with Gasteiger partial charge in [-0.05, 0) is 0 Å². The number of rotatable bonds is 3. The summed E-state index contributed by atoms with van der Waals surface area (Å²) in [5, 5.41) is 24.1. The van der Waals surface area contributed by atoms with Crippen LogP contribution in [0.15, 0.2) is 18.7 Å². The van der Waals surface area contributed by atoms with Gasteiger partial charge in [0.25, 0.3) is 0 Å². The summed E-state index contributed by atoms with van der Waals surface area (Å²) in [5.74, 6) is -2.85. The van der Waals surface area contributed by atoms with E-state index >= 15 is 0 Å². The molecule has 0 saturated heterocycles. The molecule has 1 rings (SSSR count). The van der Waals surface area contributed by atoms with E-state index < -0.39 is 24.5 Å². The van der Waals surface area contributed by atoms with Crippen molar-refractivity contribution >= 4 is 11.9 Å².